The van der Waals surface area contributed by atoms with Gasteiger partial charge in [-0.2, -0.15) is 0 Å². The fourth-order valence-corrected chi connectivity index (χ4v) is 6.25. The lowest BCUT2D eigenvalue weighted by molar-refractivity contribution is -0.123. The predicted molar refractivity (Wildman–Crippen MR) is 153 cm³/mol. The number of rotatable bonds is 8. The Kier molecular flexibility index (Phi) is 8.58. The number of amides is 2. The lowest BCUT2D eigenvalue weighted by atomic mass is 10.0. The Labute approximate surface area is 229 Å². The van der Waals surface area contributed by atoms with Gasteiger partial charge >= 0.3 is 5.97 Å². The van der Waals surface area contributed by atoms with Crippen LogP contribution in [0, 0.1) is 13.8 Å². The predicted octanol–water partition coefficient (Wildman–Crippen LogP) is 6.04. The van der Waals surface area contributed by atoms with Crippen molar-refractivity contribution in [2.45, 2.75) is 33.7 Å². The van der Waals surface area contributed by atoms with Crippen molar-refractivity contribution >= 4 is 62.4 Å². The van der Waals surface area contributed by atoms with Gasteiger partial charge in [0.05, 0.1) is 23.6 Å². The smallest absolute Gasteiger partial charge is 0.341 e. The second kappa shape index (κ2) is 11.9. The van der Waals surface area contributed by atoms with Crippen molar-refractivity contribution in [1.29, 1.82) is 0 Å². The molecule has 37 heavy (non-hydrogen) atoms. The third-order valence-electron chi connectivity index (χ3n) is 5.90. The number of thiocarbonyl (C=S) groups is 1. The summed E-state index contributed by atoms with van der Waals surface area (Å²) in [4.78, 5) is 42.6. The maximum Gasteiger partial charge on any atom is 0.341 e. The highest BCUT2D eigenvalue weighted by atomic mass is 32.2. The van der Waals surface area contributed by atoms with Crippen molar-refractivity contribution in [2.24, 2.45) is 0 Å². The largest absolute Gasteiger partial charge is 0.462 e. The number of esters is 1. The Balaban J connectivity index is 1.70. The van der Waals surface area contributed by atoms with E-state index in [9.17, 15) is 14.4 Å². The van der Waals surface area contributed by atoms with Crippen LogP contribution in [0.5, 0.6) is 0 Å². The molecule has 1 saturated heterocycles. The maximum absolute atomic E-state index is 13.7. The van der Waals surface area contributed by atoms with Crippen LogP contribution >= 0.6 is 35.3 Å². The second-order valence-electron chi connectivity index (χ2n) is 8.38. The van der Waals surface area contributed by atoms with E-state index in [2.05, 4.69) is 5.32 Å². The first-order valence-electron chi connectivity index (χ1n) is 11.7. The van der Waals surface area contributed by atoms with E-state index < -0.39 is 11.9 Å². The van der Waals surface area contributed by atoms with Crippen LogP contribution in [0.15, 0.2) is 71.1 Å². The van der Waals surface area contributed by atoms with Crippen LogP contribution in [-0.2, 0) is 27.3 Å². The van der Waals surface area contributed by atoms with Gasteiger partial charge in [-0.25, -0.2) is 4.79 Å². The van der Waals surface area contributed by atoms with E-state index in [0.29, 0.717) is 31.9 Å². The Morgan fingerprint density at radius 2 is 1.62 bits per heavy atom. The first kappa shape index (κ1) is 26.8. The number of ether oxygens (including phenoxy) is 1. The quantitative estimate of drug-likeness (QED) is 0.209. The van der Waals surface area contributed by atoms with Crippen molar-refractivity contribution in [3.8, 4) is 0 Å². The van der Waals surface area contributed by atoms with Gasteiger partial charge in [0.1, 0.15) is 9.32 Å². The zero-order valence-corrected chi connectivity index (χ0v) is 23.1. The molecule has 0 saturated carbocycles. The number of nitrogens with zero attached hydrogens (tertiary/aromatic N) is 1. The maximum atomic E-state index is 13.7. The van der Waals surface area contributed by atoms with Crippen molar-refractivity contribution in [3.05, 3.63) is 98.3 Å². The van der Waals surface area contributed by atoms with Gasteiger partial charge in [0.2, 0.25) is 0 Å². The summed E-state index contributed by atoms with van der Waals surface area (Å²) in [6, 6.07) is 19.1. The third kappa shape index (κ3) is 6.01. The summed E-state index contributed by atoms with van der Waals surface area (Å²) in [5.74, 6) is -1.24. The van der Waals surface area contributed by atoms with Gasteiger partial charge < -0.3 is 10.1 Å². The molecule has 0 radical (unpaired) electrons. The first-order chi connectivity index (χ1) is 17.8. The number of hydrogen-bond acceptors (Lipinski definition) is 7. The second-order valence-corrected chi connectivity index (χ2v) is 11.2. The molecule has 1 aromatic heterocycles. The van der Waals surface area contributed by atoms with Crippen LogP contribution in [0.2, 0.25) is 0 Å². The van der Waals surface area contributed by atoms with Crippen LogP contribution < -0.4 is 5.32 Å². The molecule has 0 atom stereocenters. The number of carbonyl (C=O) groups excluding carboxylic acids is 3. The Hall–Kier alpha value is -3.27. The van der Waals surface area contributed by atoms with E-state index in [-0.39, 0.29) is 18.9 Å². The minimum absolute atomic E-state index is 0.226. The summed E-state index contributed by atoms with van der Waals surface area (Å²) in [6.45, 7) is 6.00. The molecular formula is C28H26N2O4S3. The molecule has 3 aromatic rings. The van der Waals surface area contributed by atoms with Gasteiger partial charge in [-0.3, -0.25) is 14.5 Å². The highest BCUT2D eigenvalue weighted by molar-refractivity contribution is 8.26. The monoisotopic (exact) mass is 550 g/mol. The number of carbonyl (C=O) groups is 3. The summed E-state index contributed by atoms with van der Waals surface area (Å²) < 4.78 is 5.62. The molecule has 2 heterocycles. The van der Waals surface area contributed by atoms with E-state index in [1.165, 1.54) is 16.2 Å². The van der Waals surface area contributed by atoms with Crippen LogP contribution in [0.1, 0.15) is 38.8 Å². The highest BCUT2D eigenvalue weighted by Gasteiger charge is 2.36. The summed E-state index contributed by atoms with van der Waals surface area (Å²) in [5.41, 5.74) is 3.23. The molecule has 190 valence electrons. The minimum atomic E-state index is -0.488. The SMILES string of the molecule is CCOC(=O)c1c(NC(=O)/C(Cc2ccccc2)=C2/SC(=S)N(Cc3ccccc3)C2=O)sc(C)c1C. The summed E-state index contributed by atoms with van der Waals surface area (Å²) in [5, 5.41) is 3.31. The van der Waals surface area contributed by atoms with Gasteiger partial charge in [-0.15, -0.1) is 11.3 Å². The van der Waals surface area contributed by atoms with Crippen molar-refractivity contribution in [1.82, 2.24) is 4.90 Å². The number of anilines is 1. The topological polar surface area (TPSA) is 75.7 Å². The molecule has 1 fully saturated rings. The average Bonchev–Trinajstić information content (AvgIpc) is 3.32. The van der Waals surface area contributed by atoms with Crippen molar-refractivity contribution in [2.75, 3.05) is 11.9 Å². The first-order valence-corrected chi connectivity index (χ1v) is 13.8. The number of thioether (sulfide) groups is 1. The van der Waals surface area contributed by atoms with E-state index in [0.717, 1.165) is 33.3 Å². The van der Waals surface area contributed by atoms with E-state index >= 15 is 0 Å². The zero-order valence-electron chi connectivity index (χ0n) is 20.7. The Morgan fingerprint density at radius 3 is 2.24 bits per heavy atom. The van der Waals surface area contributed by atoms with Crippen LogP contribution in [0.25, 0.3) is 0 Å². The summed E-state index contributed by atoms with van der Waals surface area (Å²) >= 11 is 7.98. The molecule has 6 nitrogen and oxygen atoms in total. The lowest BCUT2D eigenvalue weighted by Crippen LogP contribution is -2.28. The molecule has 9 heteroatoms. The van der Waals surface area contributed by atoms with E-state index in [1.54, 1.807) is 6.92 Å². The van der Waals surface area contributed by atoms with Crippen LogP contribution in [-0.4, -0.2) is 33.6 Å². The number of thiophene rings is 1. The molecule has 1 aliphatic rings. The number of nitrogens with one attached hydrogen (secondary N) is 1. The molecule has 2 amide bonds. The molecule has 2 aromatic carbocycles. The van der Waals surface area contributed by atoms with Gasteiger partial charge in [-0.05, 0) is 37.5 Å². The number of hydrogen-bond donors (Lipinski definition) is 1. The molecule has 0 spiro atoms. The number of benzene rings is 2. The highest BCUT2D eigenvalue weighted by Crippen LogP contribution is 2.37. The van der Waals surface area contributed by atoms with Crippen LogP contribution in [0.3, 0.4) is 0 Å². The zero-order chi connectivity index (χ0) is 26.5. The Bertz CT molecular complexity index is 1380. The van der Waals surface area contributed by atoms with Crippen LogP contribution in [0.4, 0.5) is 5.00 Å². The fourth-order valence-electron chi connectivity index (χ4n) is 3.89. The molecular weight excluding hydrogens is 525 g/mol. The van der Waals surface area contributed by atoms with E-state index in [4.69, 9.17) is 17.0 Å². The molecule has 0 aliphatic carbocycles. The summed E-state index contributed by atoms with van der Waals surface area (Å²) in [7, 11) is 0. The molecule has 4 rings (SSSR count). The van der Waals surface area contributed by atoms with Crippen molar-refractivity contribution in [3.63, 3.8) is 0 Å². The van der Waals surface area contributed by atoms with E-state index in [1.807, 2.05) is 74.5 Å². The molecule has 1 N–H and O–H groups in total. The minimum Gasteiger partial charge on any atom is -0.462 e. The van der Waals surface area contributed by atoms with Gasteiger partial charge in [0, 0.05) is 16.9 Å². The summed E-state index contributed by atoms with van der Waals surface area (Å²) in [6.07, 6.45) is 0.237. The molecule has 0 unspecified atom stereocenters. The lowest BCUT2D eigenvalue weighted by Gasteiger charge is -2.15. The Morgan fingerprint density at radius 1 is 1.00 bits per heavy atom. The van der Waals surface area contributed by atoms with Crippen molar-refractivity contribution < 1.29 is 19.1 Å². The number of aryl methyl sites for hydroxylation is 1. The van der Waals surface area contributed by atoms with Gasteiger partial charge in [0.25, 0.3) is 11.8 Å². The normalized spacial score (nSPS) is 14.6. The molecule has 0 bridgehead atoms. The standard InChI is InChI=1S/C28H26N2O4S3/c1-4-34-27(33)22-17(2)18(3)36-25(22)29-24(31)21(15-19-11-7-5-8-12-19)23-26(32)30(28(35)37-23)16-20-13-9-6-10-14-20/h5-14H,4,15-16H2,1-3H3,(H,29,31)/b23-21+. The molecule has 1 aliphatic heterocycles. The fraction of sp³-hybridized carbons (Fsp3) is 0.214. The average molecular weight is 551 g/mol. The third-order valence-corrected chi connectivity index (χ3v) is 8.51. The van der Waals surface area contributed by atoms with Gasteiger partial charge in [0.15, 0.2) is 0 Å². The van der Waals surface area contributed by atoms with Gasteiger partial charge in [-0.1, -0.05) is 84.6 Å².